The Hall–Kier alpha value is -0.520. The van der Waals surface area contributed by atoms with Crippen LogP contribution in [0.15, 0.2) is 24.3 Å². The second kappa shape index (κ2) is 13.1. The third kappa shape index (κ3) is 22.7. The monoisotopic (exact) mass is 168 g/mol. The van der Waals surface area contributed by atoms with E-state index in [1.165, 1.54) is 12.8 Å². The Morgan fingerprint density at radius 1 is 1.08 bits per heavy atom. The number of unbranched alkanes of at least 4 members (excludes halogenated alkanes) is 1. The lowest BCUT2D eigenvalue weighted by Gasteiger charge is -1.86. The largest absolute Gasteiger partial charge is 0.0917 e. The highest BCUT2D eigenvalue weighted by Crippen LogP contribution is 1.90. The van der Waals surface area contributed by atoms with Crippen LogP contribution in [-0.2, 0) is 0 Å². The first-order chi connectivity index (χ1) is 5.68. The van der Waals surface area contributed by atoms with Crippen LogP contribution >= 0.6 is 0 Å². The lowest BCUT2D eigenvalue weighted by molar-refractivity contribution is 0.830. The minimum atomic E-state index is 0.718. The molecule has 0 aliphatic rings. The fourth-order valence-corrected chi connectivity index (χ4v) is 0.718. The number of allylic oxidation sites excluding steroid dienone is 4. The first kappa shape index (κ1) is 14.0. The van der Waals surface area contributed by atoms with Gasteiger partial charge in [0, 0.05) is 0 Å². The summed E-state index contributed by atoms with van der Waals surface area (Å²) in [5, 5.41) is 0. The molecule has 0 nitrogen and oxygen atoms in total. The molecule has 0 aliphatic carbocycles. The normalized spacial score (nSPS) is 10.8. The van der Waals surface area contributed by atoms with Crippen LogP contribution in [0.2, 0.25) is 0 Å². The van der Waals surface area contributed by atoms with Crippen LogP contribution in [0, 0.1) is 5.92 Å². The summed E-state index contributed by atoms with van der Waals surface area (Å²) >= 11 is 0. The summed E-state index contributed by atoms with van der Waals surface area (Å²) in [4.78, 5) is 0. The summed E-state index contributed by atoms with van der Waals surface area (Å²) in [6, 6.07) is 0. The number of hydrogen-bond donors (Lipinski definition) is 0. The van der Waals surface area contributed by atoms with Crippen molar-refractivity contribution in [3.05, 3.63) is 24.3 Å². The first-order valence-electron chi connectivity index (χ1n) is 4.92. The summed E-state index contributed by atoms with van der Waals surface area (Å²) < 4.78 is 0. The Morgan fingerprint density at radius 3 is 1.75 bits per heavy atom. The Labute approximate surface area is 78.4 Å². The molecule has 0 radical (unpaired) electrons. The molecule has 72 valence electrons. The van der Waals surface area contributed by atoms with Gasteiger partial charge in [0.25, 0.3) is 0 Å². The fraction of sp³-hybridized carbons (Fsp3) is 0.667. The summed E-state index contributed by atoms with van der Waals surface area (Å²) in [7, 11) is 0. The quantitative estimate of drug-likeness (QED) is 0.541. The maximum absolute atomic E-state index is 2.18. The highest BCUT2D eigenvalue weighted by Gasteiger charge is 1.76. The smallest absolute Gasteiger partial charge is 0.0291 e. The SMILES string of the molecule is C/C=C/C(C)C.C/C=C/CCC. The van der Waals surface area contributed by atoms with Crippen molar-refractivity contribution in [2.75, 3.05) is 0 Å². The van der Waals surface area contributed by atoms with Gasteiger partial charge in [-0.2, -0.15) is 0 Å². The Kier molecular flexibility index (Phi) is 15.3. The van der Waals surface area contributed by atoms with Crippen LogP contribution in [-0.4, -0.2) is 0 Å². The van der Waals surface area contributed by atoms with E-state index in [9.17, 15) is 0 Å². The van der Waals surface area contributed by atoms with Crippen molar-refractivity contribution in [2.24, 2.45) is 5.92 Å². The van der Waals surface area contributed by atoms with Gasteiger partial charge in [0.2, 0.25) is 0 Å². The highest BCUT2D eigenvalue weighted by atomic mass is 13.8. The van der Waals surface area contributed by atoms with Crippen LogP contribution in [0.4, 0.5) is 0 Å². The van der Waals surface area contributed by atoms with Crippen molar-refractivity contribution < 1.29 is 0 Å². The molecule has 0 fully saturated rings. The molecule has 0 spiro atoms. The average Bonchev–Trinajstić information content (AvgIpc) is 2.02. The molecular weight excluding hydrogens is 144 g/mol. The fourth-order valence-electron chi connectivity index (χ4n) is 0.718. The van der Waals surface area contributed by atoms with E-state index in [0.29, 0.717) is 0 Å². The maximum Gasteiger partial charge on any atom is -0.0291 e. The molecule has 0 bridgehead atoms. The Bertz CT molecular complexity index is 107. The van der Waals surface area contributed by atoms with Gasteiger partial charge in [-0.1, -0.05) is 51.5 Å². The zero-order chi connectivity index (χ0) is 9.82. The van der Waals surface area contributed by atoms with Gasteiger partial charge in [0.15, 0.2) is 0 Å². The molecule has 0 heterocycles. The third-order valence-corrected chi connectivity index (χ3v) is 1.27. The first-order valence-corrected chi connectivity index (χ1v) is 4.92. The predicted octanol–water partition coefficient (Wildman–Crippen LogP) is 4.58. The molecule has 0 amide bonds. The molecule has 0 aromatic carbocycles. The molecule has 0 unspecified atom stereocenters. The van der Waals surface area contributed by atoms with Gasteiger partial charge >= 0.3 is 0 Å². The van der Waals surface area contributed by atoms with Gasteiger partial charge in [-0.15, -0.1) is 0 Å². The predicted molar refractivity (Wildman–Crippen MR) is 59.4 cm³/mol. The van der Waals surface area contributed by atoms with Crippen molar-refractivity contribution in [1.82, 2.24) is 0 Å². The van der Waals surface area contributed by atoms with Crippen LogP contribution < -0.4 is 0 Å². The third-order valence-electron chi connectivity index (χ3n) is 1.27. The molecule has 12 heavy (non-hydrogen) atoms. The molecule has 0 aromatic rings. The van der Waals surface area contributed by atoms with E-state index in [1.807, 2.05) is 6.92 Å². The highest BCUT2D eigenvalue weighted by molar-refractivity contribution is 4.79. The minimum absolute atomic E-state index is 0.718. The van der Waals surface area contributed by atoms with Gasteiger partial charge in [-0.3, -0.25) is 0 Å². The molecule has 0 heteroatoms. The van der Waals surface area contributed by atoms with Gasteiger partial charge in [-0.25, -0.2) is 0 Å². The van der Waals surface area contributed by atoms with Crippen molar-refractivity contribution in [3.63, 3.8) is 0 Å². The van der Waals surface area contributed by atoms with E-state index < -0.39 is 0 Å². The van der Waals surface area contributed by atoms with Crippen molar-refractivity contribution in [3.8, 4) is 0 Å². The van der Waals surface area contributed by atoms with Crippen molar-refractivity contribution in [1.29, 1.82) is 0 Å². The summed E-state index contributed by atoms with van der Waals surface area (Å²) in [5.74, 6) is 0.718. The minimum Gasteiger partial charge on any atom is -0.0917 e. The lowest BCUT2D eigenvalue weighted by Crippen LogP contribution is -1.73. The maximum atomic E-state index is 2.18. The molecule has 0 rings (SSSR count). The van der Waals surface area contributed by atoms with E-state index >= 15 is 0 Å². The van der Waals surface area contributed by atoms with Crippen molar-refractivity contribution >= 4 is 0 Å². The molecule has 0 N–H and O–H groups in total. The van der Waals surface area contributed by atoms with Crippen LogP contribution in [0.5, 0.6) is 0 Å². The zero-order valence-corrected chi connectivity index (χ0v) is 9.30. The topological polar surface area (TPSA) is 0 Å². The van der Waals surface area contributed by atoms with E-state index in [4.69, 9.17) is 0 Å². The summed E-state index contributed by atoms with van der Waals surface area (Å²) in [5.41, 5.74) is 0. The van der Waals surface area contributed by atoms with E-state index in [2.05, 4.69) is 52.0 Å². The van der Waals surface area contributed by atoms with Gasteiger partial charge in [0.05, 0.1) is 0 Å². The van der Waals surface area contributed by atoms with Crippen LogP contribution in [0.25, 0.3) is 0 Å². The van der Waals surface area contributed by atoms with Gasteiger partial charge < -0.3 is 0 Å². The molecule has 0 saturated heterocycles. The van der Waals surface area contributed by atoms with E-state index in [1.54, 1.807) is 0 Å². The summed E-state index contributed by atoms with van der Waals surface area (Å²) in [6.07, 6.45) is 11.0. The molecular formula is C12H24. The zero-order valence-electron chi connectivity index (χ0n) is 9.30. The van der Waals surface area contributed by atoms with Crippen LogP contribution in [0.3, 0.4) is 0 Å². The molecule has 0 aliphatic heterocycles. The Balaban J connectivity index is 0. The Morgan fingerprint density at radius 2 is 1.67 bits per heavy atom. The van der Waals surface area contributed by atoms with Crippen LogP contribution in [0.1, 0.15) is 47.5 Å². The van der Waals surface area contributed by atoms with E-state index in [-0.39, 0.29) is 0 Å². The molecule has 0 saturated carbocycles. The van der Waals surface area contributed by atoms with Gasteiger partial charge in [-0.05, 0) is 26.2 Å². The lowest BCUT2D eigenvalue weighted by atomic mass is 10.2. The van der Waals surface area contributed by atoms with Crippen molar-refractivity contribution in [2.45, 2.75) is 47.5 Å². The number of rotatable bonds is 3. The second-order valence-corrected chi connectivity index (χ2v) is 3.13. The number of hydrogen-bond acceptors (Lipinski definition) is 0. The molecule has 0 atom stereocenters. The van der Waals surface area contributed by atoms with E-state index in [0.717, 1.165) is 5.92 Å². The van der Waals surface area contributed by atoms with Gasteiger partial charge in [0.1, 0.15) is 0 Å². The molecule has 0 aromatic heterocycles. The average molecular weight is 168 g/mol. The second-order valence-electron chi connectivity index (χ2n) is 3.13. The standard InChI is InChI=1S/2C6H12/c1-4-5-6(2)3;1-3-5-6-4-2/h4-6H,1-3H3;3,5H,4,6H2,1-2H3/b5-4+;5-3+. The summed E-state index contributed by atoms with van der Waals surface area (Å²) in [6.45, 7) is 10.6.